The van der Waals surface area contributed by atoms with Gasteiger partial charge in [0, 0.05) is 23.0 Å². The van der Waals surface area contributed by atoms with E-state index in [1.165, 1.54) is 0 Å². The van der Waals surface area contributed by atoms with E-state index in [2.05, 4.69) is 10.3 Å². The molecule has 3 rings (SSSR count). The molecule has 2 aromatic carbocycles. The van der Waals surface area contributed by atoms with Gasteiger partial charge in [0.1, 0.15) is 11.3 Å². The SMILES string of the molecule is CCCOc1cc(C)nc(-c2ccccc2)c1C(=O)Nc1cccc(C)c1C. The lowest BCUT2D eigenvalue weighted by atomic mass is 10.0. The molecular formula is C24H26N2O2. The van der Waals surface area contributed by atoms with E-state index >= 15 is 0 Å². The highest BCUT2D eigenvalue weighted by molar-refractivity contribution is 6.10. The molecule has 0 saturated heterocycles. The molecule has 4 heteroatoms. The number of ether oxygens (including phenoxy) is 1. The number of aryl methyl sites for hydroxylation is 2. The van der Waals surface area contributed by atoms with Crippen LogP contribution in [0, 0.1) is 20.8 Å². The monoisotopic (exact) mass is 374 g/mol. The number of aromatic nitrogens is 1. The summed E-state index contributed by atoms with van der Waals surface area (Å²) in [4.78, 5) is 18.0. The summed E-state index contributed by atoms with van der Waals surface area (Å²) in [5, 5.41) is 3.05. The van der Waals surface area contributed by atoms with Gasteiger partial charge in [-0.2, -0.15) is 0 Å². The van der Waals surface area contributed by atoms with Crippen molar-refractivity contribution in [3.63, 3.8) is 0 Å². The number of hydrogen-bond acceptors (Lipinski definition) is 3. The Bertz CT molecular complexity index is 981. The Morgan fingerprint density at radius 3 is 2.50 bits per heavy atom. The van der Waals surface area contributed by atoms with E-state index in [0.717, 1.165) is 34.5 Å². The second-order valence-corrected chi connectivity index (χ2v) is 6.90. The number of carbonyl (C=O) groups excluding carboxylic acids is 1. The van der Waals surface area contributed by atoms with Crippen LogP contribution in [0.4, 0.5) is 5.69 Å². The Balaban J connectivity index is 2.10. The standard InChI is InChI=1S/C24H26N2O2/c1-5-14-28-21-15-17(3)25-23(19-11-7-6-8-12-19)22(21)24(27)26-20-13-9-10-16(2)18(20)4/h6-13,15H,5,14H2,1-4H3,(H,26,27). The zero-order valence-electron chi connectivity index (χ0n) is 16.9. The summed E-state index contributed by atoms with van der Waals surface area (Å²) >= 11 is 0. The van der Waals surface area contributed by atoms with Crippen LogP contribution >= 0.6 is 0 Å². The first kappa shape index (κ1) is 19.6. The average Bonchev–Trinajstić information content (AvgIpc) is 2.70. The summed E-state index contributed by atoms with van der Waals surface area (Å²) in [7, 11) is 0. The Morgan fingerprint density at radius 2 is 1.79 bits per heavy atom. The minimum absolute atomic E-state index is 0.217. The van der Waals surface area contributed by atoms with Crippen molar-refractivity contribution < 1.29 is 9.53 Å². The zero-order chi connectivity index (χ0) is 20.1. The average molecular weight is 374 g/mol. The van der Waals surface area contributed by atoms with Crippen molar-refractivity contribution >= 4 is 11.6 Å². The molecule has 28 heavy (non-hydrogen) atoms. The van der Waals surface area contributed by atoms with Crippen LogP contribution in [0.1, 0.15) is 40.5 Å². The van der Waals surface area contributed by atoms with Gasteiger partial charge < -0.3 is 10.1 Å². The first-order chi connectivity index (χ1) is 13.5. The molecule has 1 aromatic heterocycles. The number of amides is 1. The lowest BCUT2D eigenvalue weighted by Gasteiger charge is -2.17. The van der Waals surface area contributed by atoms with E-state index in [-0.39, 0.29) is 5.91 Å². The molecular weight excluding hydrogens is 348 g/mol. The fraction of sp³-hybridized carbons (Fsp3) is 0.250. The van der Waals surface area contributed by atoms with Crippen molar-refractivity contribution in [2.45, 2.75) is 34.1 Å². The molecule has 4 nitrogen and oxygen atoms in total. The summed E-state index contributed by atoms with van der Waals surface area (Å²) in [6, 6.07) is 17.5. The van der Waals surface area contributed by atoms with Gasteiger partial charge in [0.25, 0.3) is 5.91 Å². The first-order valence-electron chi connectivity index (χ1n) is 9.58. The molecule has 1 amide bonds. The van der Waals surface area contributed by atoms with Crippen molar-refractivity contribution in [3.8, 4) is 17.0 Å². The van der Waals surface area contributed by atoms with Crippen LogP contribution in [0.5, 0.6) is 5.75 Å². The number of carbonyl (C=O) groups is 1. The third-order valence-electron chi connectivity index (χ3n) is 4.70. The van der Waals surface area contributed by atoms with E-state index in [9.17, 15) is 4.79 Å². The highest BCUT2D eigenvalue weighted by atomic mass is 16.5. The molecule has 0 fully saturated rings. The normalized spacial score (nSPS) is 10.6. The second kappa shape index (κ2) is 8.70. The highest BCUT2D eigenvalue weighted by Crippen LogP contribution is 2.31. The van der Waals surface area contributed by atoms with Crippen molar-refractivity contribution in [2.75, 3.05) is 11.9 Å². The number of anilines is 1. The quantitative estimate of drug-likeness (QED) is 0.601. The van der Waals surface area contributed by atoms with Gasteiger partial charge in [-0.1, -0.05) is 49.4 Å². The minimum atomic E-state index is -0.217. The molecule has 0 aliphatic carbocycles. The van der Waals surface area contributed by atoms with Gasteiger partial charge in [0.2, 0.25) is 0 Å². The van der Waals surface area contributed by atoms with Gasteiger partial charge in [-0.25, -0.2) is 0 Å². The summed E-state index contributed by atoms with van der Waals surface area (Å²) in [5.41, 5.74) is 5.78. The molecule has 0 spiro atoms. The van der Waals surface area contributed by atoms with E-state index in [0.29, 0.717) is 23.6 Å². The maximum Gasteiger partial charge on any atom is 0.261 e. The van der Waals surface area contributed by atoms with Crippen molar-refractivity contribution in [1.82, 2.24) is 4.98 Å². The maximum absolute atomic E-state index is 13.3. The molecule has 1 heterocycles. The Labute approximate surface area is 166 Å². The molecule has 0 aliphatic rings. The highest BCUT2D eigenvalue weighted by Gasteiger charge is 2.22. The van der Waals surface area contributed by atoms with Crippen LogP contribution in [0.25, 0.3) is 11.3 Å². The van der Waals surface area contributed by atoms with Gasteiger partial charge >= 0.3 is 0 Å². The summed E-state index contributed by atoms with van der Waals surface area (Å²) in [5.74, 6) is 0.349. The van der Waals surface area contributed by atoms with Crippen molar-refractivity contribution in [3.05, 3.63) is 77.0 Å². The Hall–Kier alpha value is -3.14. The molecule has 0 bridgehead atoms. The van der Waals surface area contributed by atoms with Crippen LogP contribution in [0.15, 0.2) is 54.6 Å². The largest absolute Gasteiger partial charge is 0.493 e. The Morgan fingerprint density at radius 1 is 1.04 bits per heavy atom. The summed E-state index contributed by atoms with van der Waals surface area (Å²) in [6.45, 7) is 8.54. The van der Waals surface area contributed by atoms with Gasteiger partial charge in [0.15, 0.2) is 0 Å². The second-order valence-electron chi connectivity index (χ2n) is 6.90. The van der Waals surface area contributed by atoms with Crippen LogP contribution in [-0.4, -0.2) is 17.5 Å². The van der Waals surface area contributed by atoms with Crippen LogP contribution in [0.2, 0.25) is 0 Å². The van der Waals surface area contributed by atoms with Crippen molar-refractivity contribution in [1.29, 1.82) is 0 Å². The molecule has 0 radical (unpaired) electrons. The number of nitrogens with zero attached hydrogens (tertiary/aromatic N) is 1. The predicted octanol–water partition coefficient (Wildman–Crippen LogP) is 5.71. The minimum Gasteiger partial charge on any atom is -0.493 e. The topological polar surface area (TPSA) is 51.2 Å². The molecule has 1 N–H and O–H groups in total. The van der Waals surface area contributed by atoms with E-state index in [4.69, 9.17) is 4.74 Å². The Kier molecular flexibility index (Phi) is 6.09. The molecule has 144 valence electrons. The number of rotatable bonds is 6. The predicted molar refractivity (Wildman–Crippen MR) is 114 cm³/mol. The van der Waals surface area contributed by atoms with E-state index in [1.807, 2.05) is 82.3 Å². The number of benzene rings is 2. The number of pyridine rings is 1. The van der Waals surface area contributed by atoms with Crippen LogP contribution in [0.3, 0.4) is 0 Å². The van der Waals surface area contributed by atoms with Crippen molar-refractivity contribution in [2.24, 2.45) is 0 Å². The fourth-order valence-corrected chi connectivity index (χ4v) is 3.06. The maximum atomic E-state index is 13.3. The van der Waals surface area contributed by atoms with Gasteiger partial charge in [-0.3, -0.25) is 9.78 Å². The lowest BCUT2D eigenvalue weighted by molar-refractivity contribution is 0.102. The summed E-state index contributed by atoms with van der Waals surface area (Å²) in [6.07, 6.45) is 0.861. The van der Waals surface area contributed by atoms with E-state index in [1.54, 1.807) is 0 Å². The van der Waals surface area contributed by atoms with E-state index < -0.39 is 0 Å². The third-order valence-corrected chi connectivity index (χ3v) is 4.70. The zero-order valence-corrected chi connectivity index (χ0v) is 16.9. The van der Waals surface area contributed by atoms with Crippen LogP contribution < -0.4 is 10.1 Å². The third kappa shape index (κ3) is 4.22. The molecule has 0 aliphatic heterocycles. The van der Waals surface area contributed by atoms with Gasteiger partial charge in [0.05, 0.1) is 12.3 Å². The van der Waals surface area contributed by atoms with Crippen LogP contribution in [-0.2, 0) is 0 Å². The van der Waals surface area contributed by atoms with Gasteiger partial charge in [-0.15, -0.1) is 0 Å². The molecule has 3 aromatic rings. The van der Waals surface area contributed by atoms with Gasteiger partial charge in [-0.05, 0) is 44.4 Å². The smallest absolute Gasteiger partial charge is 0.261 e. The molecule has 0 unspecified atom stereocenters. The lowest BCUT2D eigenvalue weighted by Crippen LogP contribution is -2.17. The molecule has 0 saturated carbocycles. The summed E-state index contributed by atoms with van der Waals surface area (Å²) < 4.78 is 5.94. The molecule has 0 atom stereocenters. The number of nitrogens with one attached hydrogen (secondary N) is 1. The number of hydrogen-bond donors (Lipinski definition) is 1. The first-order valence-corrected chi connectivity index (χ1v) is 9.58. The fourth-order valence-electron chi connectivity index (χ4n) is 3.06.